The summed E-state index contributed by atoms with van der Waals surface area (Å²) >= 11 is -2.60. The van der Waals surface area contributed by atoms with Crippen LogP contribution in [-0.4, -0.2) is 0 Å². The Labute approximate surface area is 90.9 Å². The monoisotopic (exact) mass is 300 g/mol. The molecule has 2 rings (SSSR count). The minimum atomic E-state index is -2.60. The van der Waals surface area contributed by atoms with Crippen molar-refractivity contribution in [2.45, 2.75) is 0 Å². The first-order chi connectivity index (χ1) is 6.88. The third-order valence-corrected chi connectivity index (χ3v) is 5.47. The van der Waals surface area contributed by atoms with Crippen LogP contribution < -0.4 is 0 Å². The van der Waals surface area contributed by atoms with Gasteiger partial charge in [-0.1, -0.05) is 0 Å². The molecule has 72 valence electrons. The molecule has 0 unspecified atom stereocenters. The summed E-state index contributed by atoms with van der Waals surface area (Å²) < 4.78 is 15.8. The average Bonchev–Trinajstić information content (AvgIpc) is 2.30. The summed E-state index contributed by atoms with van der Waals surface area (Å²) in [6.45, 7) is 0. The summed E-state index contributed by atoms with van der Waals surface area (Å²) in [5.74, 6) is 0. The number of hydrogen-bond donors (Lipinski definition) is 0. The predicted octanol–water partition coefficient (Wildman–Crippen LogP) is 4.12. The molecule has 0 atom stereocenters. The maximum absolute atomic E-state index is 14.0. The molecule has 0 fully saturated rings. The van der Waals surface area contributed by atoms with Crippen LogP contribution in [0.25, 0.3) is 0 Å². The van der Waals surface area contributed by atoms with E-state index in [0.29, 0.717) is 0 Å². The van der Waals surface area contributed by atoms with Crippen molar-refractivity contribution in [3.63, 3.8) is 0 Å². The van der Waals surface area contributed by atoms with Gasteiger partial charge in [-0.25, -0.2) is 0 Å². The Morgan fingerprint density at radius 3 is 1.36 bits per heavy atom. The van der Waals surface area contributed by atoms with Gasteiger partial charge in [0.05, 0.1) is 0 Å². The van der Waals surface area contributed by atoms with E-state index in [9.17, 15) is 2.86 Å². The van der Waals surface area contributed by atoms with E-state index in [1.165, 1.54) is 0 Å². The van der Waals surface area contributed by atoms with Gasteiger partial charge in [-0.05, 0) is 0 Å². The topological polar surface area (TPSA) is 0 Å². The molecular weight excluding hydrogens is 290 g/mol. The first-order valence-corrected chi connectivity index (χ1v) is 7.32. The molecule has 0 saturated carbocycles. The summed E-state index contributed by atoms with van der Waals surface area (Å²) in [4.78, 5) is 0. The van der Waals surface area contributed by atoms with Crippen LogP contribution in [0.5, 0.6) is 0 Å². The SMILES string of the molecule is FI(c1ccccc1)c1ccccc1. The molecule has 0 saturated heterocycles. The molecule has 14 heavy (non-hydrogen) atoms. The fraction of sp³-hybridized carbons (Fsp3) is 0. The van der Waals surface area contributed by atoms with E-state index >= 15 is 0 Å². The summed E-state index contributed by atoms with van der Waals surface area (Å²) in [7, 11) is 0. The van der Waals surface area contributed by atoms with Gasteiger partial charge in [0.15, 0.2) is 0 Å². The zero-order chi connectivity index (χ0) is 9.80. The fourth-order valence-electron chi connectivity index (χ4n) is 1.18. The number of hydrogen-bond acceptors (Lipinski definition) is 0. The third kappa shape index (κ3) is 2.12. The Kier molecular flexibility index (Phi) is 3.14. The Balaban J connectivity index is 2.30. The van der Waals surface area contributed by atoms with Crippen molar-refractivity contribution in [3.8, 4) is 0 Å². The molecule has 0 N–H and O–H groups in total. The van der Waals surface area contributed by atoms with Crippen LogP contribution in [0.15, 0.2) is 60.7 Å². The van der Waals surface area contributed by atoms with Crippen molar-refractivity contribution in [1.29, 1.82) is 0 Å². The number of halogens is 2. The molecule has 2 heteroatoms. The second-order valence-electron chi connectivity index (χ2n) is 2.83. The fourth-order valence-corrected chi connectivity index (χ4v) is 3.99. The van der Waals surface area contributed by atoms with E-state index in [0.717, 1.165) is 7.14 Å². The molecule has 0 aromatic heterocycles. The second-order valence-corrected chi connectivity index (χ2v) is 6.67. The molecule has 2 aromatic rings. The number of benzene rings is 2. The molecule has 0 aliphatic rings. The average molecular weight is 300 g/mol. The zero-order valence-electron chi connectivity index (χ0n) is 7.53. The molecule has 0 nitrogen and oxygen atoms in total. The van der Waals surface area contributed by atoms with Crippen molar-refractivity contribution in [2.75, 3.05) is 0 Å². The minimum absolute atomic E-state index is 0.864. The Hall–Kier alpha value is -0.900. The quantitative estimate of drug-likeness (QED) is 0.732. The van der Waals surface area contributed by atoms with Crippen molar-refractivity contribution < 1.29 is 2.86 Å². The van der Waals surface area contributed by atoms with Crippen LogP contribution in [-0.2, 0) is 0 Å². The molecule has 0 amide bonds. The normalized spacial score (nSPS) is 11.1. The van der Waals surface area contributed by atoms with E-state index in [1.807, 2.05) is 60.7 Å². The van der Waals surface area contributed by atoms with E-state index in [-0.39, 0.29) is 0 Å². The summed E-state index contributed by atoms with van der Waals surface area (Å²) in [6.07, 6.45) is 0. The first kappa shape index (κ1) is 9.65. The van der Waals surface area contributed by atoms with E-state index in [2.05, 4.69) is 0 Å². The van der Waals surface area contributed by atoms with Crippen LogP contribution in [0.2, 0.25) is 0 Å². The Morgan fingerprint density at radius 2 is 1.00 bits per heavy atom. The van der Waals surface area contributed by atoms with E-state index in [1.54, 1.807) is 0 Å². The van der Waals surface area contributed by atoms with Gasteiger partial charge in [0.25, 0.3) is 0 Å². The molecule has 0 radical (unpaired) electrons. The third-order valence-electron chi connectivity index (χ3n) is 1.85. The van der Waals surface area contributed by atoms with Gasteiger partial charge in [0.2, 0.25) is 0 Å². The molecular formula is C12H10FI. The standard InChI is InChI=1S/C12H10FI/c13-14(11-7-3-1-4-8-11)12-9-5-2-6-10-12/h1-10H. The summed E-state index contributed by atoms with van der Waals surface area (Å²) in [5, 5.41) is 0. The van der Waals surface area contributed by atoms with Crippen molar-refractivity contribution in [1.82, 2.24) is 0 Å². The summed E-state index contributed by atoms with van der Waals surface area (Å²) in [6, 6.07) is 18.9. The first-order valence-electron chi connectivity index (χ1n) is 4.34. The van der Waals surface area contributed by atoms with Crippen LogP contribution in [0.4, 0.5) is 2.86 Å². The van der Waals surface area contributed by atoms with E-state index in [4.69, 9.17) is 0 Å². The molecule has 0 aliphatic heterocycles. The van der Waals surface area contributed by atoms with Gasteiger partial charge in [-0.3, -0.25) is 0 Å². The summed E-state index contributed by atoms with van der Waals surface area (Å²) in [5.41, 5.74) is 0. The predicted molar refractivity (Wildman–Crippen MR) is 65.4 cm³/mol. The Bertz CT molecular complexity index is 346. The van der Waals surface area contributed by atoms with Gasteiger partial charge >= 0.3 is 91.1 Å². The van der Waals surface area contributed by atoms with Gasteiger partial charge in [-0.15, -0.1) is 0 Å². The molecule has 0 bridgehead atoms. The van der Waals surface area contributed by atoms with Crippen molar-refractivity contribution in [3.05, 3.63) is 67.8 Å². The van der Waals surface area contributed by atoms with Crippen LogP contribution >= 0.6 is 20.4 Å². The van der Waals surface area contributed by atoms with Crippen LogP contribution in [0.3, 0.4) is 0 Å². The Morgan fingerprint density at radius 1 is 0.643 bits per heavy atom. The molecule has 0 spiro atoms. The second kappa shape index (κ2) is 4.55. The van der Waals surface area contributed by atoms with Gasteiger partial charge < -0.3 is 0 Å². The van der Waals surface area contributed by atoms with Crippen LogP contribution in [0.1, 0.15) is 0 Å². The molecule has 0 heterocycles. The zero-order valence-corrected chi connectivity index (χ0v) is 9.69. The van der Waals surface area contributed by atoms with Crippen molar-refractivity contribution >= 4 is 20.4 Å². The molecule has 2 aromatic carbocycles. The molecule has 0 aliphatic carbocycles. The maximum atomic E-state index is 14.0. The van der Waals surface area contributed by atoms with Gasteiger partial charge in [-0.2, -0.15) is 0 Å². The van der Waals surface area contributed by atoms with Crippen molar-refractivity contribution in [2.24, 2.45) is 0 Å². The van der Waals surface area contributed by atoms with Gasteiger partial charge in [0, 0.05) is 0 Å². The van der Waals surface area contributed by atoms with Gasteiger partial charge in [0.1, 0.15) is 0 Å². The van der Waals surface area contributed by atoms with Crippen LogP contribution in [0, 0.1) is 7.14 Å². The van der Waals surface area contributed by atoms with E-state index < -0.39 is 20.4 Å². The number of rotatable bonds is 2.